The smallest absolute Gasteiger partial charge is 0.255 e. The SMILES string of the molecule is CCCCCCOc1cccc(NC(=O)c2ccc(OC)c(Br)c2)c1. The maximum atomic E-state index is 12.4. The first-order chi connectivity index (χ1) is 12.1. The Balaban J connectivity index is 1.94. The molecule has 0 aliphatic carbocycles. The summed E-state index contributed by atoms with van der Waals surface area (Å²) < 4.78 is 11.7. The van der Waals surface area contributed by atoms with Crippen molar-refractivity contribution in [2.45, 2.75) is 32.6 Å². The van der Waals surface area contributed by atoms with Crippen LogP contribution >= 0.6 is 15.9 Å². The molecule has 0 aliphatic heterocycles. The van der Waals surface area contributed by atoms with Crippen LogP contribution in [0.5, 0.6) is 11.5 Å². The predicted octanol–water partition coefficient (Wildman–Crippen LogP) is 5.67. The Morgan fingerprint density at radius 3 is 2.68 bits per heavy atom. The average molecular weight is 406 g/mol. The van der Waals surface area contributed by atoms with E-state index in [2.05, 4.69) is 28.2 Å². The highest BCUT2D eigenvalue weighted by Gasteiger charge is 2.09. The fourth-order valence-corrected chi connectivity index (χ4v) is 2.93. The van der Waals surface area contributed by atoms with Crippen molar-refractivity contribution >= 4 is 27.5 Å². The summed E-state index contributed by atoms with van der Waals surface area (Å²) in [5.74, 6) is 1.28. The molecule has 0 fully saturated rings. The molecule has 0 heterocycles. The van der Waals surface area contributed by atoms with Crippen molar-refractivity contribution in [3.05, 3.63) is 52.5 Å². The number of amides is 1. The minimum absolute atomic E-state index is 0.177. The molecular weight excluding hydrogens is 382 g/mol. The number of hydrogen-bond donors (Lipinski definition) is 1. The van der Waals surface area contributed by atoms with Gasteiger partial charge in [-0.15, -0.1) is 0 Å². The van der Waals surface area contributed by atoms with E-state index in [0.717, 1.165) is 16.6 Å². The van der Waals surface area contributed by atoms with E-state index in [1.165, 1.54) is 19.3 Å². The lowest BCUT2D eigenvalue weighted by Gasteiger charge is -2.10. The molecule has 0 unspecified atom stereocenters. The number of benzene rings is 2. The first-order valence-electron chi connectivity index (χ1n) is 8.51. The Kier molecular flexibility index (Phi) is 7.79. The average Bonchev–Trinajstić information content (AvgIpc) is 2.62. The minimum Gasteiger partial charge on any atom is -0.496 e. The Morgan fingerprint density at radius 1 is 1.12 bits per heavy atom. The molecule has 2 rings (SSSR count). The fourth-order valence-electron chi connectivity index (χ4n) is 2.39. The summed E-state index contributed by atoms with van der Waals surface area (Å²) in [4.78, 5) is 12.4. The van der Waals surface area contributed by atoms with Crippen molar-refractivity contribution < 1.29 is 14.3 Å². The maximum absolute atomic E-state index is 12.4. The van der Waals surface area contributed by atoms with Crippen molar-refractivity contribution in [3.63, 3.8) is 0 Å². The van der Waals surface area contributed by atoms with Crippen molar-refractivity contribution in [3.8, 4) is 11.5 Å². The topological polar surface area (TPSA) is 47.6 Å². The number of unbranched alkanes of at least 4 members (excludes halogenated alkanes) is 3. The van der Waals surface area contributed by atoms with E-state index >= 15 is 0 Å². The second kappa shape index (κ2) is 10.1. The second-order valence-electron chi connectivity index (χ2n) is 5.74. The summed E-state index contributed by atoms with van der Waals surface area (Å²) >= 11 is 3.39. The van der Waals surface area contributed by atoms with Gasteiger partial charge in [0.15, 0.2) is 0 Å². The van der Waals surface area contributed by atoms with Crippen LogP contribution in [0, 0.1) is 0 Å². The molecule has 0 spiro atoms. The van der Waals surface area contributed by atoms with Gasteiger partial charge < -0.3 is 14.8 Å². The molecule has 0 saturated heterocycles. The lowest BCUT2D eigenvalue weighted by molar-refractivity contribution is 0.102. The largest absolute Gasteiger partial charge is 0.496 e. The van der Waals surface area contributed by atoms with Crippen LogP contribution in [0.4, 0.5) is 5.69 Å². The quantitative estimate of drug-likeness (QED) is 0.546. The van der Waals surface area contributed by atoms with Crippen LogP contribution in [0.15, 0.2) is 46.9 Å². The lowest BCUT2D eigenvalue weighted by atomic mass is 10.2. The van der Waals surface area contributed by atoms with Crippen LogP contribution in [0.3, 0.4) is 0 Å². The molecule has 4 nitrogen and oxygen atoms in total. The molecule has 0 atom stereocenters. The van der Waals surface area contributed by atoms with E-state index in [4.69, 9.17) is 9.47 Å². The van der Waals surface area contributed by atoms with Crippen molar-refractivity contribution in [1.29, 1.82) is 0 Å². The van der Waals surface area contributed by atoms with Crippen LogP contribution in [-0.2, 0) is 0 Å². The molecule has 0 bridgehead atoms. The highest BCUT2D eigenvalue weighted by Crippen LogP contribution is 2.26. The summed E-state index contributed by atoms with van der Waals surface area (Å²) in [7, 11) is 1.59. The molecule has 0 aliphatic rings. The maximum Gasteiger partial charge on any atom is 0.255 e. The standard InChI is InChI=1S/C20H24BrNO3/c1-3-4-5-6-12-25-17-9-7-8-16(14-17)22-20(23)15-10-11-19(24-2)18(21)13-15/h7-11,13-14H,3-6,12H2,1-2H3,(H,22,23). The lowest BCUT2D eigenvalue weighted by Crippen LogP contribution is -2.12. The zero-order valence-corrected chi connectivity index (χ0v) is 16.3. The Hall–Kier alpha value is -2.01. The molecule has 0 aromatic heterocycles. The summed E-state index contributed by atoms with van der Waals surface area (Å²) in [5, 5.41) is 2.89. The van der Waals surface area contributed by atoms with Crippen LogP contribution in [0.2, 0.25) is 0 Å². The Labute approximate surface area is 157 Å². The second-order valence-corrected chi connectivity index (χ2v) is 6.59. The number of nitrogens with one attached hydrogen (secondary N) is 1. The summed E-state index contributed by atoms with van der Waals surface area (Å²) in [5.41, 5.74) is 1.27. The van der Waals surface area contributed by atoms with Gasteiger partial charge in [-0.3, -0.25) is 4.79 Å². The van der Waals surface area contributed by atoms with Gasteiger partial charge in [0.25, 0.3) is 5.91 Å². The molecule has 0 radical (unpaired) electrons. The van der Waals surface area contributed by atoms with E-state index in [-0.39, 0.29) is 5.91 Å². The Morgan fingerprint density at radius 2 is 1.96 bits per heavy atom. The molecule has 5 heteroatoms. The zero-order chi connectivity index (χ0) is 18.1. The third-order valence-electron chi connectivity index (χ3n) is 3.77. The molecule has 2 aromatic carbocycles. The molecule has 2 aromatic rings. The van der Waals surface area contributed by atoms with Gasteiger partial charge >= 0.3 is 0 Å². The van der Waals surface area contributed by atoms with Crippen LogP contribution in [0.25, 0.3) is 0 Å². The molecule has 0 saturated carbocycles. The first kappa shape index (κ1) is 19.3. The van der Waals surface area contributed by atoms with Gasteiger partial charge in [-0.05, 0) is 52.7 Å². The van der Waals surface area contributed by atoms with Gasteiger partial charge in [0.05, 0.1) is 18.2 Å². The van der Waals surface area contributed by atoms with Crippen LogP contribution < -0.4 is 14.8 Å². The van der Waals surface area contributed by atoms with E-state index in [9.17, 15) is 4.79 Å². The molecular formula is C20H24BrNO3. The number of carbonyl (C=O) groups excluding carboxylic acids is 1. The van der Waals surface area contributed by atoms with E-state index in [0.29, 0.717) is 23.6 Å². The zero-order valence-electron chi connectivity index (χ0n) is 14.7. The summed E-state index contributed by atoms with van der Waals surface area (Å²) in [6.45, 7) is 2.89. The number of halogens is 1. The number of methoxy groups -OCH3 is 1. The minimum atomic E-state index is -0.177. The van der Waals surface area contributed by atoms with E-state index < -0.39 is 0 Å². The van der Waals surface area contributed by atoms with Gasteiger partial charge in [0, 0.05) is 17.3 Å². The van der Waals surface area contributed by atoms with Crippen molar-refractivity contribution in [2.75, 3.05) is 19.0 Å². The van der Waals surface area contributed by atoms with Crippen LogP contribution in [-0.4, -0.2) is 19.6 Å². The number of anilines is 1. The molecule has 134 valence electrons. The Bertz CT molecular complexity index is 703. The van der Waals surface area contributed by atoms with Gasteiger partial charge in [-0.2, -0.15) is 0 Å². The van der Waals surface area contributed by atoms with Gasteiger partial charge in [0.1, 0.15) is 11.5 Å². The number of hydrogen-bond acceptors (Lipinski definition) is 3. The number of ether oxygens (including phenoxy) is 2. The monoisotopic (exact) mass is 405 g/mol. The van der Waals surface area contributed by atoms with Crippen molar-refractivity contribution in [2.24, 2.45) is 0 Å². The third kappa shape index (κ3) is 6.09. The highest BCUT2D eigenvalue weighted by molar-refractivity contribution is 9.10. The van der Waals surface area contributed by atoms with Gasteiger partial charge in [-0.25, -0.2) is 0 Å². The normalized spacial score (nSPS) is 10.4. The first-order valence-corrected chi connectivity index (χ1v) is 9.31. The van der Waals surface area contributed by atoms with E-state index in [1.807, 2.05) is 24.3 Å². The van der Waals surface area contributed by atoms with E-state index in [1.54, 1.807) is 25.3 Å². The number of carbonyl (C=O) groups is 1. The number of rotatable bonds is 9. The van der Waals surface area contributed by atoms with Gasteiger partial charge in [-0.1, -0.05) is 32.3 Å². The van der Waals surface area contributed by atoms with Crippen molar-refractivity contribution in [1.82, 2.24) is 0 Å². The van der Waals surface area contributed by atoms with Crippen LogP contribution in [0.1, 0.15) is 43.0 Å². The third-order valence-corrected chi connectivity index (χ3v) is 4.39. The molecule has 25 heavy (non-hydrogen) atoms. The summed E-state index contributed by atoms with van der Waals surface area (Å²) in [6.07, 6.45) is 4.67. The molecule has 1 amide bonds. The summed E-state index contributed by atoms with van der Waals surface area (Å²) in [6, 6.07) is 12.7. The van der Waals surface area contributed by atoms with Gasteiger partial charge in [0.2, 0.25) is 0 Å². The molecule has 1 N–H and O–H groups in total. The predicted molar refractivity (Wildman–Crippen MR) is 105 cm³/mol. The highest BCUT2D eigenvalue weighted by atomic mass is 79.9. The fraction of sp³-hybridized carbons (Fsp3) is 0.350.